The second-order valence-electron chi connectivity index (χ2n) is 7.65. The first-order chi connectivity index (χ1) is 13.8. The van der Waals surface area contributed by atoms with E-state index < -0.39 is 0 Å². The number of nitrogens with zero attached hydrogens (tertiary/aromatic N) is 2. The number of amides is 1. The van der Waals surface area contributed by atoms with Crippen LogP contribution in [-0.4, -0.2) is 33.9 Å². The fraction of sp³-hybridized carbons (Fsp3) is 0.391. The maximum Gasteiger partial charge on any atom is 0.224 e. The molecular weight excluding hydrogens is 348 g/mol. The largest absolute Gasteiger partial charge is 0.360 e. The third kappa shape index (κ3) is 4.60. The molecule has 2 N–H and O–H groups in total. The number of pyridine rings is 1. The van der Waals surface area contributed by atoms with Gasteiger partial charge in [0.25, 0.3) is 0 Å². The summed E-state index contributed by atoms with van der Waals surface area (Å²) in [5.41, 5.74) is 4.51. The normalized spacial score (nSPS) is 15.4. The number of rotatable bonds is 6. The number of likely N-dealkylation sites (tertiary alicyclic amines) is 1. The Labute approximate surface area is 166 Å². The van der Waals surface area contributed by atoms with Crippen molar-refractivity contribution in [2.24, 2.45) is 0 Å². The molecule has 1 fully saturated rings. The van der Waals surface area contributed by atoms with Gasteiger partial charge in [-0.1, -0.05) is 37.1 Å². The van der Waals surface area contributed by atoms with Crippen LogP contribution in [0.1, 0.15) is 42.4 Å². The molecule has 0 radical (unpaired) electrons. The van der Waals surface area contributed by atoms with Gasteiger partial charge in [0.15, 0.2) is 0 Å². The summed E-state index contributed by atoms with van der Waals surface area (Å²) in [5, 5.41) is 4.17. The lowest BCUT2D eigenvalue weighted by molar-refractivity contribution is -0.120. The van der Waals surface area contributed by atoms with Crippen molar-refractivity contribution in [3.63, 3.8) is 0 Å². The molecule has 1 aromatic carbocycles. The predicted octanol–water partition coefficient (Wildman–Crippen LogP) is 3.80. The van der Waals surface area contributed by atoms with E-state index in [1.165, 1.54) is 49.9 Å². The van der Waals surface area contributed by atoms with E-state index in [2.05, 4.69) is 44.5 Å². The Balaban J connectivity index is 1.37. The van der Waals surface area contributed by atoms with Crippen LogP contribution >= 0.6 is 0 Å². The van der Waals surface area contributed by atoms with Crippen LogP contribution in [0.2, 0.25) is 0 Å². The molecule has 3 heterocycles. The van der Waals surface area contributed by atoms with E-state index in [1.807, 2.05) is 12.3 Å². The molecule has 1 aliphatic heterocycles. The van der Waals surface area contributed by atoms with E-state index in [0.717, 1.165) is 23.0 Å². The van der Waals surface area contributed by atoms with Gasteiger partial charge < -0.3 is 10.3 Å². The first-order valence-electron chi connectivity index (χ1n) is 10.3. The van der Waals surface area contributed by atoms with Crippen molar-refractivity contribution >= 4 is 16.8 Å². The second kappa shape index (κ2) is 9.02. The van der Waals surface area contributed by atoms with Crippen LogP contribution < -0.4 is 5.32 Å². The van der Waals surface area contributed by atoms with E-state index in [1.54, 1.807) is 12.4 Å². The fourth-order valence-corrected chi connectivity index (χ4v) is 4.03. The summed E-state index contributed by atoms with van der Waals surface area (Å²) in [7, 11) is 0. The minimum atomic E-state index is 0.0438. The molecule has 5 nitrogen and oxygen atoms in total. The molecule has 1 amide bonds. The molecule has 0 atom stereocenters. The number of fused-ring (bicyclic) bond motifs is 1. The smallest absolute Gasteiger partial charge is 0.224 e. The number of benzene rings is 1. The predicted molar refractivity (Wildman–Crippen MR) is 112 cm³/mol. The Morgan fingerprint density at radius 1 is 1.04 bits per heavy atom. The van der Waals surface area contributed by atoms with E-state index >= 15 is 0 Å². The van der Waals surface area contributed by atoms with Crippen LogP contribution in [0.3, 0.4) is 0 Å². The van der Waals surface area contributed by atoms with Crippen molar-refractivity contribution in [1.29, 1.82) is 0 Å². The van der Waals surface area contributed by atoms with Crippen molar-refractivity contribution < 1.29 is 4.79 Å². The molecule has 3 aromatic rings. The average Bonchev–Trinajstić information content (AvgIpc) is 2.94. The summed E-state index contributed by atoms with van der Waals surface area (Å²) in [6.45, 7) is 3.90. The van der Waals surface area contributed by atoms with Gasteiger partial charge in [-0.25, -0.2) is 0 Å². The highest BCUT2D eigenvalue weighted by Crippen LogP contribution is 2.18. The van der Waals surface area contributed by atoms with Gasteiger partial charge in [-0.05, 0) is 48.7 Å². The van der Waals surface area contributed by atoms with Crippen molar-refractivity contribution in [1.82, 2.24) is 20.2 Å². The van der Waals surface area contributed by atoms with Crippen LogP contribution in [-0.2, 0) is 24.3 Å². The highest BCUT2D eigenvalue weighted by atomic mass is 16.1. The lowest BCUT2D eigenvalue weighted by Gasteiger charge is -2.21. The number of hydrogen-bond acceptors (Lipinski definition) is 3. The van der Waals surface area contributed by atoms with E-state index in [9.17, 15) is 4.79 Å². The van der Waals surface area contributed by atoms with Crippen molar-refractivity contribution in [2.45, 2.75) is 45.2 Å². The van der Waals surface area contributed by atoms with Crippen LogP contribution in [0.25, 0.3) is 10.9 Å². The monoisotopic (exact) mass is 376 g/mol. The fourth-order valence-electron chi connectivity index (χ4n) is 4.03. The lowest BCUT2D eigenvalue weighted by atomic mass is 10.1. The minimum Gasteiger partial charge on any atom is -0.360 e. The number of aromatic nitrogens is 2. The first kappa shape index (κ1) is 18.7. The van der Waals surface area contributed by atoms with Crippen LogP contribution in [0, 0.1) is 0 Å². The quantitative estimate of drug-likeness (QED) is 0.688. The van der Waals surface area contributed by atoms with Gasteiger partial charge in [0.1, 0.15) is 0 Å². The highest BCUT2D eigenvalue weighted by Gasteiger charge is 2.13. The molecule has 28 heavy (non-hydrogen) atoms. The zero-order valence-electron chi connectivity index (χ0n) is 16.3. The van der Waals surface area contributed by atoms with Crippen molar-refractivity contribution in [3.05, 3.63) is 65.6 Å². The maximum atomic E-state index is 12.5. The molecule has 0 spiro atoms. The molecule has 1 aliphatic rings. The molecular formula is C23H28N4O. The Bertz CT molecular complexity index is 925. The number of hydrogen-bond donors (Lipinski definition) is 2. The van der Waals surface area contributed by atoms with Gasteiger partial charge in [0.05, 0.1) is 18.1 Å². The Morgan fingerprint density at radius 3 is 2.64 bits per heavy atom. The Hall–Kier alpha value is -2.66. The van der Waals surface area contributed by atoms with Crippen LogP contribution in [0.15, 0.2) is 48.9 Å². The molecule has 146 valence electrons. The van der Waals surface area contributed by atoms with Gasteiger partial charge in [0, 0.05) is 30.9 Å². The SMILES string of the molecule is O=C(Cc1c[nH]c2cnccc12)NCc1ccccc1CN1CCCCCC1. The molecule has 5 heteroatoms. The third-order valence-electron chi connectivity index (χ3n) is 5.61. The minimum absolute atomic E-state index is 0.0438. The van der Waals surface area contributed by atoms with Gasteiger partial charge in [0.2, 0.25) is 5.91 Å². The molecule has 0 unspecified atom stereocenters. The van der Waals surface area contributed by atoms with Crippen molar-refractivity contribution in [2.75, 3.05) is 13.1 Å². The zero-order chi connectivity index (χ0) is 19.2. The standard InChI is InChI=1S/C23H28N4O/c28-23(13-20-15-25-22-16-24-10-9-21(20)22)26-14-18-7-3-4-8-19(18)17-27-11-5-1-2-6-12-27/h3-4,7-10,15-16,25H,1-2,5-6,11-14,17H2,(H,26,28). The molecule has 1 saturated heterocycles. The first-order valence-corrected chi connectivity index (χ1v) is 10.3. The van der Waals surface area contributed by atoms with Gasteiger partial charge >= 0.3 is 0 Å². The summed E-state index contributed by atoms with van der Waals surface area (Å²) in [6.07, 6.45) is 11.1. The number of nitrogens with one attached hydrogen (secondary N) is 2. The number of aromatic amines is 1. The number of carbonyl (C=O) groups is 1. The second-order valence-corrected chi connectivity index (χ2v) is 7.65. The summed E-state index contributed by atoms with van der Waals surface area (Å²) >= 11 is 0. The van der Waals surface area contributed by atoms with Crippen LogP contribution in [0.5, 0.6) is 0 Å². The van der Waals surface area contributed by atoms with Gasteiger partial charge in [-0.15, -0.1) is 0 Å². The summed E-state index contributed by atoms with van der Waals surface area (Å²) in [6, 6.07) is 10.4. The van der Waals surface area contributed by atoms with Crippen molar-refractivity contribution in [3.8, 4) is 0 Å². The van der Waals surface area contributed by atoms with E-state index in [-0.39, 0.29) is 5.91 Å². The molecule has 4 rings (SSSR count). The van der Waals surface area contributed by atoms with Gasteiger partial charge in [-0.3, -0.25) is 14.7 Å². The number of H-pyrrole nitrogens is 1. The number of carbonyl (C=O) groups excluding carboxylic acids is 1. The summed E-state index contributed by atoms with van der Waals surface area (Å²) in [5.74, 6) is 0.0438. The lowest BCUT2D eigenvalue weighted by Crippen LogP contribution is -2.27. The summed E-state index contributed by atoms with van der Waals surface area (Å²) in [4.78, 5) is 22.4. The maximum absolute atomic E-state index is 12.5. The van der Waals surface area contributed by atoms with Gasteiger partial charge in [-0.2, -0.15) is 0 Å². The Morgan fingerprint density at radius 2 is 1.82 bits per heavy atom. The molecule has 0 aliphatic carbocycles. The third-order valence-corrected chi connectivity index (χ3v) is 5.61. The van der Waals surface area contributed by atoms with E-state index in [4.69, 9.17) is 0 Å². The molecule has 2 aromatic heterocycles. The Kier molecular flexibility index (Phi) is 6.02. The molecule has 0 saturated carbocycles. The van der Waals surface area contributed by atoms with Crippen LogP contribution in [0.4, 0.5) is 0 Å². The zero-order valence-corrected chi connectivity index (χ0v) is 16.3. The average molecular weight is 377 g/mol. The molecule has 0 bridgehead atoms. The van der Waals surface area contributed by atoms with E-state index in [0.29, 0.717) is 13.0 Å². The topological polar surface area (TPSA) is 61.0 Å². The highest BCUT2D eigenvalue weighted by molar-refractivity contribution is 5.88. The summed E-state index contributed by atoms with van der Waals surface area (Å²) < 4.78 is 0.